The Bertz CT molecular complexity index is 568. The molecule has 1 heterocycles. The van der Waals surface area contributed by atoms with E-state index in [1.54, 1.807) is 12.4 Å². The molecule has 0 bridgehead atoms. The molecule has 3 nitrogen and oxygen atoms in total. The Labute approximate surface area is 117 Å². The smallest absolute Gasteiger partial charge is 0.191 e. The van der Waals surface area contributed by atoms with Crippen molar-refractivity contribution in [2.45, 2.75) is 29.8 Å². The van der Waals surface area contributed by atoms with Crippen LogP contribution in [0.25, 0.3) is 0 Å². The van der Waals surface area contributed by atoms with Crippen molar-refractivity contribution in [2.75, 3.05) is 0 Å². The van der Waals surface area contributed by atoms with Gasteiger partial charge < -0.3 is 4.57 Å². The van der Waals surface area contributed by atoms with Crippen molar-refractivity contribution in [1.82, 2.24) is 14.8 Å². The number of hydrogen-bond acceptors (Lipinski definition) is 3. The van der Waals surface area contributed by atoms with E-state index in [0.717, 1.165) is 9.63 Å². The molecule has 0 spiro atoms. The first kappa shape index (κ1) is 12.2. The van der Waals surface area contributed by atoms with Gasteiger partial charge in [0.05, 0.1) is 0 Å². The first-order valence-corrected chi connectivity index (χ1v) is 7.48. The summed E-state index contributed by atoms with van der Waals surface area (Å²) in [6.45, 7) is 0. The van der Waals surface area contributed by atoms with Gasteiger partial charge in [0.2, 0.25) is 0 Å². The fourth-order valence-corrected chi connectivity index (χ4v) is 3.02. The van der Waals surface area contributed by atoms with Crippen LogP contribution in [0.4, 0.5) is 4.39 Å². The van der Waals surface area contributed by atoms with E-state index in [9.17, 15) is 4.39 Å². The van der Waals surface area contributed by atoms with Gasteiger partial charge in [-0.1, -0.05) is 33.8 Å². The lowest BCUT2D eigenvalue weighted by Crippen LogP contribution is -1.95. The monoisotopic (exact) mass is 327 g/mol. The quantitative estimate of drug-likeness (QED) is 0.800. The number of rotatable bonds is 4. The predicted molar refractivity (Wildman–Crippen MR) is 72.0 cm³/mol. The van der Waals surface area contributed by atoms with Crippen LogP contribution in [0.3, 0.4) is 0 Å². The van der Waals surface area contributed by atoms with Gasteiger partial charge in [-0.05, 0) is 30.5 Å². The summed E-state index contributed by atoms with van der Waals surface area (Å²) in [5.74, 6) is 0.388. The summed E-state index contributed by atoms with van der Waals surface area (Å²) in [5.41, 5.74) is 0.688. The summed E-state index contributed by atoms with van der Waals surface area (Å²) in [4.78, 5) is 0. The molecule has 0 amide bonds. The SMILES string of the molecule is Fc1cc(Br)ccc1CSc1nncn1C1CC1. The zero-order valence-corrected chi connectivity index (χ0v) is 11.9. The molecule has 0 unspecified atom stereocenters. The van der Waals surface area contributed by atoms with Gasteiger partial charge in [0.15, 0.2) is 5.16 Å². The van der Waals surface area contributed by atoms with Crippen molar-refractivity contribution >= 4 is 27.7 Å². The Morgan fingerprint density at radius 1 is 1.44 bits per heavy atom. The normalized spacial score (nSPS) is 15.0. The highest BCUT2D eigenvalue weighted by atomic mass is 79.9. The van der Waals surface area contributed by atoms with E-state index in [1.165, 1.54) is 30.7 Å². The highest BCUT2D eigenvalue weighted by molar-refractivity contribution is 9.10. The largest absolute Gasteiger partial charge is 0.306 e. The van der Waals surface area contributed by atoms with E-state index in [2.05, 4.69) is 30.7 Å². The Kier molecular flexibility index (Phi) is 3.39. The standard InChI is InChI=1S/C12H11BrFN3S/c13-9-2-1-8(11(14)5-9)6-18-12-16-15-7-17(12)10-3-4-10/h1-2,5,7,10H,3-4,6H2. The third-order valence-corrected chi connectivity index (χ3v) is 4.35. The maximum absolute atomic E-state index is 13.7. The molecule has 1 aromatic carbocycles. The van der Waals surface area contributed by atoms with Crippen LogP contribution in [0, 0.1) is 5.82 Å². The average Bonchev–Trinajstić information content (AvgIpc) is 3.08. The number of nitrogens with zero attached hydrogens (tertiary/aromatic N) is 3. The molecule has 1 aromatic heterocycles. The second kappa shape index (κ2) is 5.01. The van der Waals surface area contributed by atoms with Crippen LogP contribution in [-0.2, 0) is 5.75 Å². The lowest BCUT2D eigenvalue weighted by Gasteiger charge is -2.05. The summed E-state index contributed by atoms with van der Waals surface area (Å²) in [6, 6.07) is 5.69. The van der Waals surface area contributed by atoms with Crippen LogP contribution in [0.5, 0.6) is 0 Å². The molecule has 0 aliphatic heterocycles. The van der Waals surface area contributed by atoms with E-state index in [0.29, 0.717) is 17.4 Å². The third-order valence-electron chi connectivity index (χ3n) is 2.85. The van der Waals surface area contributed by atoms with Gasteiger partial charge >= 0.3 is 0 Å². The molecule has 2 aromatic rings. The summed E-state index contributed by atoms with van der Waals surface area (Å²) < 4.78 is 16.5. The fourth-order valence-electron chi connectivity index (χ4n) is 1.72. The molecule has 6 heteroatoms. The van der Waals surface area contributed by atoms with Crippen LogP contribution < -0.4 is 0 Å². The minimum atomic E-state index is -0.186. The maximum atomic E-state index is 13.7. The van der Waals surface area contributed by atoms with Gasteiger partial charge in [-0.25, -0.2) is 4.39 Å². The van der Waals surface area contributed by atoms with E-state index < -0.39 is 0 Å². The lowest BCUT2D eigenvalue weighted by molar-refractivity contribution is 0.616. The van der Waals surface area contributed by atoms with E-state index >= 15 is 0 Å². The van der Waals surface area contributed by atoms with Crippen molar-refractivity contribution in [1.29, 1.82) is 0 Å². The van der Waals surface area contributed by atoms with Crippen molar-refractivity contribution in [2.24, 2.45) is 0 Å². The van der Waals surface area contributed by atoms with Crippen LogP contribution in [0.1, 0.15) is 24.4 Å². The molecule has 1 aliphatic carbocycles. The molecule has 18 heavy (non-hydrogen) atoms. The van der Waals surface area contributed by atoms with Crippen LogP contribution in [0.15, 0.2) is 34.2 Å². The number of aromatic nitrogens is 3. The van der Waals surface area contributed by atoms with Gasteiger partial charge in [-0.3, -0.25) is 0 Å². The summed E-state index contributed by atoms with van der Waals surface area (Å²) in [5, 5.41) is 8.88. The molecule has 94 valence electrons. The molecule has 0 radical (unpaired) electrons. The Morgan fingerprint density at radius 2 is 2.28 bits per heavy atom. The van der Waals surface area contributed by atoms with Crippen molar-refractivity contribution in [3.8, 4) is 0 Å². The molecule has 3 rings (SSSR count). The number of thioether (sulfide) groups is 1. The molecule has 1 saturated carbocycles. The molecular weight excluding hydrogens is 317 g/mol. The summed E-state index contributed by atoms with van der Waals surface area (Å²) >= 11 is 4.78. The number of benzene rings is 1. The van der Waals surface area contributed by atoms with Crippen molar-refractivity contribution < 1.29 is 4.39 Å². The fraction of sp³-hybridized carbons (Fsp3) is 0.333. The van der Waals surface area contributed by atoms with E-state index in [1.807, 2.05) is 6.07 Å². The minimum Gasteiger partial charge on any atom is -0.306 e. The summed E-state index contributed by atoms with van der Waals surface area (Å²) in [6.07, 6.45) is 4.15. The topological polar surface area (TPSA) is 30.7 Å². The van der Waals surface area contributed by atoms with Gasteiger partial charge in [-0.2, -0.15) is 0 Å². The molecule has 0 N–H and O–H groups in total. The minimum absolute atomic E-state index is 0.186. The second-order valence-corrected chi connectivity index (χ2v) is 6.13. The molecule has 0 atom stereocenters. The number of halogens is 2. The maximum Gasteiger partial charge on any atom is 0.191 e. The molecule has 1 fully saturated rings. The molecule has 0 saturated heterocycles. The van der Waals surface area contributed by atoms with E-state index in [-0.39, 0.29) is 5.82 Å². The van der Waals surface area contributed by atoms with Crippen molar-refractivity contribution in [3.05, 3.63) is 40.4 Å². The summed E-state index contributed by atoms with van der Waals surface area (Å²) in [7, 11) is 0. The number of hydrogen-bond donors (Lipinski definition) is 0. The van der Waals surface area contributed by atoms with Crippen LogP contribution in [-0.4, -0.2) is 14.8 Å². The molecule has 1 aliphatic rings. The highest BCUT2D eigenvalue weighted by Gasteiger charge is 2.26. The zero-order chi connectivity index (χ0) is 12.5. The van der Waals surface area contributed by atoms with Gasteiger partial charge in [-0.15, -0.1) is 10.2 Å². The van der Waals surface area contributed by atoms with Gasteiger partial charge in [0.1, 0.15) is 12.1 Å². The predicted octanol–water partition coefficient (Wildman–Crippen LogP) is 3.81. The average molecular weight is 328 g/mol. The second-order valence-electron chi connectivity index (χ2n) is 4.28. The van der Waals surface area contributed by atoms with Crippen LogP contribution in [0.2, 0.25) is 0 Å². The Morgan fingerprint density at radius 3 is 3.00 bits per heavy atom. The van der Waals surface area contributed by atoms with Gasteiger partial charge in [0, 0.05) is 16.3 Å². The van der Waals surface area contributed by atoms with Crippen LogP contribution >= 0.6 is 27.7 Å². The van der Waals surface area contributed by atoms with Gasteiger partial charge in [0.25, 0.3) is 0 Å². The lowest BCUT2D eigenvalue weighted by atomic mass is 10.2. The zero-order valence-electron chi connectivity index (χ0n) is 9.51. The third kappa shape index (κ3) is 2.59. The first-order chi connectivity index (χ1) is 8.74. The first-order valence-electron chi connectivity index (χ1n) is 5.70. The van der Waals surface area contributed by atoms with Crippen molar-refractivity contribution in [3.63, 3.8) is 0 Å². The molecular formula is C12H11BrFN3S. The Hall–Kier alpha value is -0.880. The van der Waals surface area contributed by atoms with E-state index in [4.69, 9.17) is 0 Å². The Balaban J connectivity index is 1.71. The highest BCUT2D eigenvalue weighted by Crippen LogP contribution is 2.37.